The van der Waals surface area contributed by atoms with Crippen LogP contribution in [0.2, 0.25) is 0 Å². The van der Waals surface area contributed by atoms with Crippen molar-refractivity contribution in [3.05, 3.63) is 24.9 Å². The molecule has 3 rings (SSSR count). The van der Waals surface area contributed by atoms with Gasteiger partial charge in [-0.25, -0.2) is 4.98 Å². The molecule has 0 saturated heterocycles. The lowest BCUT2D eigenvalue weighted by molar-refractivity contribution is 0.726. The van der Waals surface area contributed by atoms with Gasteiger partial charge in [-0.3, -0.25) is 5.10 Å². The van der Waals surface area contributed by atoms with Gasteiger partial charge in [-0.05, 0) is 0 Å². The van der Waals surface area contributed by atoms with E-state index < -0.39 is 0 Å². The number of H-pyrrole nitrogens is 1. The molecule has 8 nitrogen and oxygen atoms in total. The van der Waals surface area contributed by atoms with E-state index in [2.05, 4.69) is 30.5 Å². The molecular weight excluding hydrogens is 232 g/mol. The van der Waals surface area contributed by atoms with Crippen LogP contribution in [0.25, 0.3) is 11.0 Å². The summed E-state index contributed by atoms with van der Waals surface area (Å²) in [6.07, 6.45) is 7.10. The van der Waals surface area contributed by atoms with Gasteiger partial charge in [0.15, 0.2) is 5.65 Å². The van der Waals surface area contributed by atoms with Gasteiger partial charge in [0.25, 0.3) is 0 Å². The Bertz CT molecular complexity index is 641. The van der Waals surface area contributed by atoms with Crippen molar-refractivity contribution in [2.24, 2.45) is 0 Å². The minimum atomic E-state index is 0.219. The molecule has 0 amide bonds. The zero-order valence-corrected chi connectivity index (χ0v) is 9.54. The van der Waals surface area contributed by atoms with E-state index in [-0.39, 0.29) is 5.95 Å². The molecule has 3 heterocycles. The molecule has 0 aliphatic rings. The highest BCUT2D eigenvalue weighted by Gasteiger charge is 2.07. The Morgan fingerprint density at radius 2 is 2.33 bits per heavy atom. The molecule has 0 atom stereocenters. The Morgan fingerprint density at radius 3 is 3.17 bits per heavy atom. The summed E-state index contributed by atoms with van der Waals surface area (Å²) < 4.78 is 1.98. The first kappa shape index (κ1) is 10.5. The number of imidazole rings is 1. The van der Waals surface area contributed by atoms with E-state index in [9.17, 15) is 0 Å². The number of rotatable bonds is 4. The number of hydrogen-bond donors (Lipinski definition) is 3. The molecule has 8 heteroatoms. The smallest absolute Gasteiger partial charge is 0.224 e. The molecule has 3 aromatic heterocycles. The third kappa shape index (κ3) is 1.95. The maximum Gasteiger partial charge on any atom is 0.224 e. The molecule has 92 valence electrons. The molecule has 0 spiro atoms. The molecule has 18 heavy (non-hydrogen) atoms. The number of nitrogen functional groups attached to an aromatic ring is 1. The van der Waals surface area contributed by atoms with Gasteiger partial charge in [0, 0.05) is 25.5 Å². The van der Waals surface area contributed by atoms with E-state index in [1.54, 1.807) is 18.7 Å². The summed E-state index contributed by atoms with van der Waals surface area (Å²) in [7, 11) is 0. The van der Waals surface area contributed by atoms with Crippen molar-refractivity contribution < 1.29 is 0 Å². The summed E-state index contributed by atoms with van der Waals surface area (Å²) in [5.74, 6) is 0.906. The van der Waals surface area contributed by atoms with E-state index in [4.69, 9.17) is 5.73 Å². The van der Waals surface area contributed by atoms with Gasteiger partial charge in [0.1, 0.15) is 5.82 Å². The summed E-state index contributed by atoms with van der Waals surface area (Å²) in [6.45, 7) is 1.51. The third-order valence-electron chi connectivity index (χ3n) is 2.55. The average molecular weight is 244 g/mol. The molecule has 0 aliphatic carbocycles. The molecule has 3 aromatic rings. The SMILES string of the molecule is Nc1nc(NCCn2ccnc2)c2cn[nH]c2n1. The Morgan fingerprint density at radius 1 is 1.39 bits per heavy atom. The standard InChI is InChI=1S/C10H12N8/c11-10-15-8(7-5-14-17-9(7)16-10)13-2-4-18-3-1-12-6-18/h1,3,5-6H,2,4H2,(H4,11,13,14,15,16,17). The van der Waals surface area contributed by atoms with Crippen molar-refractivity contribution in [1.82, 2.24) is 29.7 Å². The lowest BCUT2D eigenvalue weighted by Gasteiger charge is -2.07. The van der Waals surface area contributed by atoms with Crippen molar-refractivity contribution >= 4 is 22.8 Å². The van der Waals surface area contributed by atoms with Crippen LogP contribution < -0.4 is 11.1 Å². The van der Waals surface area contributed by atoms with Crippen LogP contribution in [0.3, 0.4) is 0 Å². The number of hydrogen-bond acceptors (Lipinski definition) is 6. The quantitative estimate of drug-likeness (QED) is 0.606. The second kappa shape index (κ2) is 4.32. The fourth-order valence-corrected chi connectivity index (χ4v) is 1.71. The Balaban J connectivity index is 1.75. The summed E-state index contributed by atoms with van der Waals surface area (Å²) in [4.78, 5) is 12.2. The van der Waals surface area contributed by atoms with Gasteiger partial charge in [0.2, 0.25) is 5.95 Å². The van der Waals surface area contributed by atoms with Crippen LogP contribution >= 0.6 is 0 Å². The first-order chi connectivity index (χ1) is 8.83. The van der Waals surface area contributed by atoms with Crippen LogP contribution in [0, 0.1) is 0 Å². The van der Waals surface area contributed by atoms with Gasteiger partial charge < -0.3 is 15.6 Å². The first-order valence-corrected chi connectivity index (χ1v) is 5.49. The lowest BCUT2D eigenvalue weighted by Crippen LogP contribution is -2.11. The van der Waals surface area contributed by atoms with Crippen molar-refractivity contribution in [3.63, 3.8) is 0 Å². The van der Waals surface area contributed by atoms with E-state index in [0.717, 1.165) is 11.9 Å². The maximum absolute atomic E-state index is 5.62. The first-order valence-electron chi connectivity index (χ1n) is 5.49. The predicted octanol–water partition coefficient (Wildman–Crippen LogP) is 0.244. The van der Waals surface area contributed by atoms with Crippen LogP contribution in [-0.4, -0.2) is 36.3 Å². The molecule has 0 saturated carbocycles. The highest BCUT2D eigenvalue weighted by atomic mass is 15.2. The molecule has 0 aromatic carbocycles. The normalized spacial score (nSPS) is 10.9. The molecule has 0 fully saturated rings. The second-order valence-corrected chi connectivity index (χ2v) is 3.79. The molecule has 0 unspecified atom stereocenters. The lowest BCUT2D eigenvalue weighted by atomic mass is 10.4. The average Bonchev–Trinajstić information content (AvgIpc) is 2.98. The minimum Gasteiger partial charge on any atom is -0.368 e. The molecule has 0 bridgehead atoms. The maximum atomic E-state index is 5.62. The van der Waals surface area contributed by atoms with Gasteiger partial charge >= 0.3 is 0 Å². The minimum absolute atomic E-state index is 0.219. The van der Waals surface area contributed by atoms with Crippen LogP contribution in [0.1, 0.15) is 0 Å². The van der Waals surface area contributed by atoms with Crippen molar-refractivity contribution in [2.45, 2.75) is 6.54 Å². The van der Waals surface area contributed by atoms with Crippen LogP contribution in [-0.2, 0) is 6.54 Å². The number of nitrogens with one attached hydrogen (secondary N) is 2. The van der Waals surface area contributed by atoms with Crippen molar-refractivity contribution in [3.8, 4) is 0 Å². The Labute approximate surface area is 102 Å². The number of nitrogens with zero attached hydrogens (tertiary/aromatic N) is 5. The van der Waals surface area contributed by atoms with Gasteiger partial charge in [0.05, 0.1) is 17.9 Å². The number of anilines is 2. The highest BCUT2D eigenvalue weighted by molar-refractivity contribution is 5.86. The van der Waals surface area contributed by atoms with Gasteiger partial charge in [-0.15, -0.1) is 0 Å². The topological polar surface area (TPSA) is 110 Å². The van der Waals surface area contributed by atoms with Gasteiger partial charge in [-0.1, -0.05) is 0 Å². The predicted molar refractivity (Wildman–Crippen MR) is 66.8 cm³/mol. The third-order valence-corrected chi connectivity index (χ3v) is 2.55. The monoisotopic (exact) mass is 244 g/mol. The summed E-state index contributed by atoms with van der Waals surface area (Å²) in [5.41, 5.74) is 6.26. The highest BCUT2D eigenvalue weighted by Crippen LogP contribution is 2.18. The summed E-state index contributed by atoms with van der Waals surface area (Å²) in [5, 5.41) is 10.7. The van der Waals surface area contributed by atoms with Crippen LogP contribution in [0.15, 0.2) is 24.9 Å². The fourth-order valence-electron chi connectivity index (χ4n) is 1.71. The fraction of sp³-hybridized carbons (Fsp3) is 0.200. The van der Waals surface area contributed by atoms with Crippen molar-refractivity contribution in [1.29, 1.82) is 0 Å². The summed E-state index contributed by atoms with van der Waals surface area (Å²) >= 11 is 0. The number of nitrogens with two attached hydrogens (primary N) is 1. The van der Waals surface area contributed by atoms with Crippen molar-refractivity contribution in [2.75, 3.05) is 17.6 Å². The van der Waals surface area contributed by atoms with E-state index >= 15 is 0 Å². The van der Waals surface area contributed by atoms with Gasteiger partial charge in [-0.2, -0.15) is 15.1 Å². The van der Waals surface area contributed by atoms with E-state index in [1.165, 1.54) is 0 Å². The molecule has 0 aliphatic heterocycles. The zero-order chi connectivity index (χ0) is 12.4. The number of aromatic nitrogens is 6. The Hall–Kier alpha value is -2.64. The largest absolute Gasteiger partial charge is 0.368 e. The second-order valence-electron chi connectivity index (χ2n) is 3.79. The van der Waals surface area contributed by atoms with Crippen LogP contribution in [0.4, 0.5) is 11.8 Å². The molecule has 0 radical (unpaired) electrons. The number of aromatic amines is 1. The summed E-state index contributed by atoms with van der Waals surface area (Å²) in [6, 6.07) is 0. The molecular formula is C10H12N8. The van der Waals surface area contributed by atoms with Crippen LogP contribution in [0.5, 0.6) is 0 Å². The zero-order valence-electron chi connectivity index (χ0n) is 9.54. The van der Waals surface area contributed by atoms with E-state index in [0.29, 0.717) is 18.0 Å². The Kier molecular flexibility index (Phi) is 2.52. The number of fused-ring (bicyclic) bond motifs is 1. The molecule has 4 N–H and O–H groups in total. The van der Waals surface area contributed by atoms with E-state index in [1.807, 2.05) is 10.8 Å².